The minimum absolute atomic E-state index is 0.259. The highest BCUT2D eigenvalue weighted by atomic mass is 16.5. The van der Waals surface area contributed by atoms with Crippen LogP contribution in [0.4, 0.5) is 0 Å². The Kier molecular flexibility index (Phi) is 4.78. The lowest BCUT2D eigenvalue weighted by molar-refractivity contribution is 0.233. The van der Waals surface area contributed by atoms with Crippen LogP contribution in [-0.4, -0.2) is 36.1 Å². The first kappa shape index (κ1) is 17.9. The lowest BCUT2D eigenvalue weighted by Gasteiger charge is -2.24. The molecule has 0 amide bonds. The third-order valence-electron chi connectivity index (χ3n) is 5.30. The first-order valence-electron chi connectivity index (χ1n) is 9.55. The van der Waals surface area contributed by atoms with Crippen LogP contribution in [-0.2, 0) is 6.54 Å². The Morgan fingerprint density at radius 2 is 2.11 bits per heavy atom. The molecule has 7 nitrogen and oxygen atoms in total. The second-order valence-corrected chi connectivity index (χ2v) is 7.50. The van der Waals surface area contributed by atoms with Gasteiger partial charge in [-0.1, -0.05) is 5.16 Å². The van der Waals surface area contributed by atoms with Crippen molar-refractivity contribution < 1.29 is 4.52 Å². The van der Waals surface area contributed by atoms with Crippen LogP contribution in [0.25, 0.3) is 11.3 Å². The lowest BCUT2D eigenvalue weighted by Crippen LogP contribution is -2.25. The van der Waals surface area contributed by atoms with Crippen molar-refractivity contribution in [2.45, 2.75) is 59.2 Å². The van der Waals surface area contributed by atoms with Crippen molar-refractivity contribution in [1.29, 1.82) is 0 Å². The number of hydrogen-bond donors (Lipinski definition) is 0. The Hall–Kier alpha value is -2.54. The molecule has 0 radical (unpaired) electrons. The number of likely N-dealkylation sites (tertiary alicyclic amines) is 1. The fraction of sp³-hybridized carbons (Fsp3) is 0.500. The van der Waals surface area contributed by atoms with E-state index in [1.165, 1.54) is 0 Å². The highest BCUT2D eigenvalue weighted by molar-refractivity contribution is 5.62. The fourth-order valence-electron chi connectivity index (χ4n) is 3.98. The molecule has 3 aromatic heterocycles. The standard InChI is InChI=1S/C20H26N6O/c1-13(2)26-9-7-22-19(26)12-25-8-5-6-18(25)16-10-21-11-17(23-16)20-14(3)24-27-15(20)4/h7,9-11,13,18H,5-6,8,12H2,1-4H3. The molecule has 1 saturated heterocycles. The van der Waals surface area contributed by atoms with Crippen molar-refractivity contribution in [2.24, 2.45) is 0 Å². The summed E-state index contributed by atoms with van der Waals surface area (Å²) >= 11 is 0. The van der Waals surface area contributed by atoms with Gasteiger partial charge in [-0.2, -0.15) is 0 Å². The van der Waals surface area contributed by atoms with E-state index in [9.17, 15) is 0 Å². The third kappa shape index (κ3) is 3.39. The highest BCUT2D eigenvalue weighted by Gasteiger charge is 2.29. The first-order chi connectivity index (χ1) is 13.0. The summed E-state index contributed by atoms with van der Waals surface area (Å²) in [7, 11) is 0. The predicted molar refractivity (Wildman–Crippen MR) is 102 cm³/mol. The Morgan fingerprint density at radius 1 is 1.26 bits per heavy atom. The quantitative estimate of drug-likeness (QED) is 0.683. The molecule has 0 bridgehead atoms. The average Bonchev–Trinajstić information content (AvgIpc) is 3.36. The van der Waals surface area contributed by atoms with Crippen molar-refractivity contribution in [1.82, 2.24) is 29.6 Å². The molecule has 1 unspecified atom stereocenters. The SMILES string of the molecule is Cc1noc(C)c1-c1cncc(C2CCCN2Cc2nccn2C(C)C)n1. The first-order valence-corrected chi connectivity index (χ1v) is 9.55. The lowest BCUT2D eigenvalue weighted by atomic mass is 10.1. The van der Waals surface area contributed by atoms with E-state index >= 15 is 0 Å². The normalized spacial score (nSPS) is 17.9. The van der Waals surface area contributed by atoms with E-state index in [0.717, 1.165) is 60.2 Å². The molecule has 1 aliphatic heterocycles. The molecule has 1 fully saturated rings. The zero-order chi connectivity index (χ0) is 19.0. The maximum absolute atomic E-state index is 5.30. The Bertz CT molecular complexity index is 909. The Morgan fingerprint density at radius 3 is 2.85 bits per heavy atom. The molecule has 1 aliphatic rings. The van der Waals surface area contributed by atoms with Crippen molar-refractivity contribution in [3.05, 3.63) is 47.8 Å². The van der Waals surface area contributed by atoms with E-state index in [0.29, 0.717) is 6.04 Å². The van der Waals surface area contributed by atoms with Crippen LogP contribution in [0.1, 0.15) is 61.7 Å². The zero-order valence-corrected chi connectivity index (χ0v) is 16.4. The molecule has 3 aromatic rings. The molecule has 0 N–H and O–H groups in total. The van der Waals surface area contributed by atoms with E-state index in [2.05, 4.69) is 44.6 Å². The summed E-state index contributed by atoms with van der Waals surface area (Å²) in [6, 6.07) is 0.668. The molecule has 4 heterocycles. The van der Waals surface area contributed by atoms with Gasteiger partial charge < -0.3 is 9.09 Å². The van der Waals surface area contributed by atoms with Gasteiger partial charge in [0.25, 0.3) is 0 Å². The topological polar surface area (TPSA) is 72.9 Å². The van der Waals surface area contributed by atoms with Crippen molar-refractivity contribution >= 4 is 0 Å². The number of imidazole rings is 1. The number of nitrogens with zero attached hydrogens (tertiary/aromatic N) is 6. The second kappa shape index (κ2) is 7.23. The van der Waals surface area contributed by atoms with Gasteiger partial charge in [0.2, 0.25) is 0 Å². The zero-order valence-electron chi connectivity index (χ0n) is 16.4. The summed E-state index contributed by atoms with van der Waals surface area (Å²) in [5.41, 5.74) is 3.64. The smallest absolute Gasteiger partial charge is 0.143 e. The van der Waals surface area contributed by atoms with Gasteiger partial charge in [-0.3, -0.25) is 9.88 Å². The van der Waals surface area contributed by atoms with Gasteiger partial charge in [-0.25, -0.2) is 9.97 Å². The Balaban J connectivity index is 1.61. The molecule has 0 saturated carbocycles. The maximum Gasteiger partial charge on any atom is 0.143 e. The molecule has 27 heavy (non-hydrogen) atoms. The van der Waals surface area contributed by atoms with Gasteiger partial charge in [0.05, 0.1) is 47.6 Å². The number of rotatable bonds is 5. The molecular weight excluding hydrogens is 340 g/mol. The van der Waals surface area contributed by atoms with Gasteiger partial charge in [0.15, 0.2) is 0 Å². The summed E-state index contributed by atoms with van der Waals surface area (Å²) < 4.78 is 7.54. The summed E-state index contributed by atoms with van der Waals surface area (Å²) in [5, 5.41) is 4.05. The predicted octanol–water partition coefficient (Wildman–Crippen LogP) is 3.86. The molecule has 142 valence electrons. The van der Waals surface area contributed by atoms with Gasteiger partial charge in [0, 0.05) is 18.4 Å². The minimum Gasteiger partial charge on any atom is -0.361 e. The summed E-state index contributed by atoms with van der Waals surface area (Å²) in [4.78, 5) is 16.4. The monoisotopic (exact) mass is 366 g/mol. The number of aromatic nitrogens is 5. The summed E-state index contributed by atoms with van der Waals surface area (Å²) in [6.07, 6.45) is 9.87. The second-order valence-electron chi connectivity index (χ2n) is 7.50. The van der Waals surface area contributed by atoms with Crippen molar-refractivity contribution in [3.63, 3.8) is 0 Å². The van der Waals surface area contributed by atoms with Crippen LogP contribution >= 0.6 is 0 Å². The minimum atomic E-state index is 0.259. The van der Waals surface area contributed by atoms with Crippen LogP contribution in [0.15, 0.2) is 29.3 Å². The maximum atomic E-state index is 5.30. The molecule has 0 aromatic carbocycles. The van der Waals surface area contributed by atoms with E-state index in [-0.39, 0.29) is 6.04 Å². The Labute approximate surface area is 159 Å². The largest absolute Gasteiger partial charge is 0.361 e. The van der Waals surface area contributed by atoms with Crippen LogP contribution < -0.4 is 0 Å². The van der Waals surface area contributed by atoms with E-state index in [4.69, 9.17) is 9.51 Å². The summed E-state index contributed by atoms with van der Waals surface area (Å²) in [5.74, 6) is 1.88. The number of aryl methyl sites for hydroxylation is 2. The van der Waals surface area contributed by atoms with E-state index < -0.39 is 0 Å². The van der Waals surface area contributed by atoms with Gasteiger partial charge in [-0.15, -0.1) is 0 Å². The highest BCUT2D eigenvalue weighted by Crippen LogP contribution is 2.33. The van der Waals surface area contributed by atoms with Gasteiger partial charge in [0.1, 0.15) is 11.6 Å². The summed E-state index contributed by atoms with van der Waals surface area (Å²) in [6.45, 7) is 10.1. The van der Waals surface area contributed by atoms with Crippen molar-refractivity contribution in [2.75, 3.05) is 6.54 Å². The molecule has 4 rings (SSSR count). The third-order valence-corrected chi connectivity index (χ3v) is 5.30. The van der Waals surface area contributed by atoms with E-state index in [1.807, 2.05) is 26.2 Å². The molecule has 1 atom stereocenters. The van der Waals surface area contributed by atoms with Crippen molar-refractivity contribution in [3.8, 4) is 11.3 Å². The molecule has 0 spiro atoms. The van der Waals surface area contributed by atoms with Crippen LogP contribution in [0.5, 0.6) is 0 Å². The van der Waals surface area contributed by atoms with Crippen LogP contribution in [0, 0.1) is 13.8 Å². The van der Waals surface area contributed by atoms with Gasteiger partial charge >= 0.3 is 0 Å². The fourth-order valence-corrected chi connectivity index (χ4v) is 3.98. The molecule has 7 heteroatoms. The molecule has 0 aliphatic carbocycles. The average molecular weight is 366 g/mol. The van der Waals surface area contributed by atoms with Crippen LogP contribution in [0.2, 0.25) is 0 Å². The van der Waals surface area contributed by atoms with Gasteiger partial charge in [-0.05, 0) is 47.1 Å². The van der Waals surface area contributed by atoms with Crippen LogP contribution in [0.3, 0.4) is 0 Å². The number of hydrogen-bond acceptors (Lipinski definition) is 6. The molecular formula is C20H26N6O. The van der Waals surface area contributed by atoms with E-state index in [1.54, 1.807) is 6.20 Å².